The summed E-state index contributed by atoms with van der Waals surface area (Å²) in [6.45, 7) is 0. The van der Waals surface area contributed by atoms with Gasteiger partial charge in [-0.2, -0.15) is 0 Å². The van der Waals surface area contributed by atoms with Crippen molar-refractivity contribution in [3.63, 3.8) is 0 Å². The van der Waals surface area contributed by atoms with Crippen LogP contribution in [0.3, 0.4) is 0 Å². The molecule has 2 aromatic rings. The summed E-state index contributed by atoms with van der Waals surface area (Å²) in [6, 6.07) is 16.6. The highest BCUT2D eigenvalue weighted by atomic mass is 35.5. The van der Waals surface area contributed by atoms with Crippen LogP contribution in [-0.2, 0) is 0 Å². The third-order valence-electron chi connectivity index (χ3n) is 2.13. The normalized spacial score (nSPS) is 9.61. The summed E-state index contributed by atoms with van der Waals surface area (Å²) >= 11 is 11.0. The second-order valence-electron chi connectivity index (χ2n) is 3.43. The number of para-hydroxylation sites is 2. The molecular weight excluding hydrogens is 268 g/mol. The number of rotatable bonds is 3. The van der Waals surface area contributed by atoms with Gasteiger partial charge in [-0.15, -0.1) is 0 Å². The molecule has 18 heavy (non-hydrogen) atoms. The zero-order chi connectivity index (χ0) is 12.8. The minimum Gasteiger partial charge on any atom is -0.431 e. The number of ether oxygens (including phenoxy) is 1. The lowest BCUT2D eigenvalue weighted by Crippen LogP contribution is -2.31. The monoisotopic (exact) mass is 278 g/mol. The largest absolute Gasteiger partial charge is 0.431 e. The Hall–Kier alpha value is -1.78. The maximum absolute atomic E-state index is 5.98. The Labute approximate surface area is 116 Å². The second-order valence-corrected chi connectivity index (χ2v) is 4.21. The van der Waals surface area contributed by atoms with E-state index in [1.165, 1.54) is 0 Å². The number of thiocarbonyl (C=S) groups is 1. The molecule has 2 aromatic carbocycles. The van der Waals surface area contributed by atoms with Crippen LogP contribution in [0.15, 0.2) is 54.6 Å². The summed E-state index contributed by atoms with van der Waals surface area (Å²) in [5.41, 5.74) is 6.38. The Balaban J connectivity index is 1.88. The molecule has 0 unspecified atom stereocenters. The number of hydrazine groups is 1. The van der Waals surface area contributed by atoms with Gasteiger partial charge in [-0.1, -0.05) is 41.9 Å². The number of hydrogen-bond donors (Lipinski definition) is 2. The van der Waals surface area contributed by atoms with Crippen molar-refractivity contribution in [3.8, 4) is 5.75 Å². The molecule has 0 aliphatic rings. The van der Waals surface area contributed by atoms with E-state index in [0.29, 0.717) is 10.8 Å². The van der Waals surface area contributed by atoms with Crippen LogP contribution in [0.25, 0.3) is 0 Å². The summed E-state index contributed by atoms with van der Waals surface area (Å²) in [6.07, 6.45) is 0. The lowest BCUT2D eigenvalue weighted by atomic mass is 10.3. The number of halogens is 1. The summed E-state index contributed by atoms with van der Waals surface area (Å²) < 4.78 is 5.39. The molecule has 0 aliphatic carbocycles. The van der Waals surface area contributed by atoms with E-state index < -0.39 is 0 Å². The van der Waals surface area contributed by atoms with Crippen LogP contribution in [0.1, 0.15) is 0 Å². The van der Waals surface area contributed by atoms with Crippen LogP contribution in [0.5, 0.6) is 5.75 Å². The smallest absolute Gasteiger partial charge is 0.281 e. The fourth-order valence-corrected chi connectivity index (χ4v) is 1.63. The Morgan fingerprint density at radius 3 is 2.39 bits per heavy atom. The third kappa shape index (κ3) is 3.61. The SMILES string of the molecule is S=C(NNc1ccccc1Cl)Oc1ccccc1. The topological polar surface area (TPSA) is 33.3 Å². The first-order valence-corrected chi connectivity index (χ1v) is 6.08. The van der Waals surface area contributed by atoms with Gasteiger partial charge in [0, 0.05) is 0 Å². The molecule has 0 saturated carbocycles. The van der Waals surface area contributed by atoms with Crippen LogP contribution in [0.4, 0.5) is 5.69 Å². The first-order chi connectivity index (χ1) is 8.75. The van der Waals surface area contributed by atoms with E-state index in [9.17, 15) is 0 Å². The van der Waals surface area contributed by atoms with Crippen LogP contribution >= 0.6 is 23.8 Å². The van der Waals surface area contributed by atoms with E-state index in [-0.39, 0.29) is 5.17 Å². The van der Waals surface area contributed by atoms with Gasteiger partial charge in [-0.25, -0.2) is 0 Å². The zero-order valence-corrected chi connectivity index (χ0v) is 11.0. The molecule has 2 N–H and O–H groups in total. The van der Waals surface area contributed by atoms with Crippen molar-refractivity contribution in [3.05, 3.63) is 59.6 Å². The summed E-state index contributed by atoms with van der Waals surface area (Å²) in [7, 11) is 0. The standard InChI is InChI=1S/C13H11ClN2OS/c14-11-8-4-5-9-12(11)15-16-13(18)17-10-6-2-1-3-7-10/h1-9,15H,(H,16,18). The predicted molar refractivity (Wildman–Crippen MR) is 77.9 cm³/mol. The maximum Gasteiger partial charge on any atom is 0.281 e. The molecule has 3 nitrogen and oxygen atoms in total. The lowest BCUT2D eigenvalue weighted by molar-refractivity contribution is 0.541. The van der Waals surface area contributed by atoms with E-state index in [1.807, 2.05) is 48.5 Å². The maximum atomic E-state index is 5.98. The Bertz CT molecular complexity index is 534. The van der Waals surface area contributed by atoms with E-state index in [2.05, 4.69) is 10.9 Å². The van der Waals surface area contributed by atoms with Gasteiger partial charge in [-0.3, -0.25) is 10.9 Å². The molecule has 5 heteroatoms. The van der Waals surface area contributed by atoms with Crippen LogP contribution in [0, 0.1) is 0 Å². The fraction of sp³-hybridized carbons (Fsp3) is 0. The minimum atomic E-state index is 0.223. The highest BCUT2D eigenvalue weighted by Gasteiger charge is 2.01. The Morgan fingerprint density at radius 2 is 1.67 bits per heavy atom. The fourth-order valence-electron chi connectivity index (χ4n) is 1.30. The summed E-state index contributed by atoms with van der Waals surface area (Å²) in [5, 5.41) is 0.827. The van der Waals surface area contributed by atoms with Crippen molar-refractivity contribution < 1.29 is 4.74 Å². The molecule has 0 heterocycles. The molecule has 0 atom stereocenters. The first-order valence-electron chi connectivity index (χ1n) is 5.29. The predicted octanol–water partition coefficient (Wildman–Crippen LogP) is 3.62. The first kappa shape index (κ1) is 12.7. The van der Waals surface area contributed by atoms with Gasteiger partial charge in [0.15, 0.2) is 0 Å². The van der Waals surface area contributed by atoms with Gasteiger partial charge in [0.2, 0.25) is 0 Å². The van der Waals surface area contributed by atoms with Crippen molar-refractivity contribution >= 4 is 34.7 Å². The van der Waals surface area contributed by atoms with E-state index >= 15 is 0 Å². The number of hydrogen-bond acceptors (Lipinski definition) is 3. The molecule has 0 amide bonds. The van der Waals surface area contributed by atoms with Crippen molar-refractivity contribution in [1.29, 1.82) is 0 Å². The lowest BCUT2D eigenvalue weighted by Gasteiger charge is -2.12. The van der Waals surface area contributed by atoms with Crippen LogP contribution < -0.4 is 15.6 Å². The number of nitrogens with one attached hydrogen (secondary N) is 2. The second kappa shape index (κ2) is 6.23. The highest BCUT2D eigenvalue weighted by molar-refractivity contribution is 7.80. The Morgan fingerprint density at radius 1 is 1.00 bits per heavy atom. The average Bonchev–Trinajstić information content (AvgIpc) is 2.39. The van der Waals surface area contributed by atoms with Gasteiger partial charge in [-0.05, 0) is 36.5 Å². The van der Waals surface area contributed by atoms with Gasteiger partial charge >= 0.3 is 0 Å². The minimum absolute atomic E-state index is 0.223. The molecule has 0 saturated heterocycles. The Kier molecular flexibility index (Phi) is 4.39. The van der Waals surface area contributed by atoms with Crippen LogP contribution in [-0.4, -0.2) is 5.17 Å². The molecule has 0 spiro atoms. The van der Waals surface area contributed by atoms with E-state index in [4.69, 9.17) is 28.6 Å². The van der Waals surface area contributed by atoms with E-state index in [1.54, 1.807) is 6.07 Å². The molecule has 0 radical (unpaired) electrons. The van der Waals surface area contributed by atoms with Crippen LogP contribution in [0.2, 0.25) is 5.02 Å². The third-order valence-corrected chi connectivity index (χ3v) is 2.64. The number of anilines is 1. The van der Waals surface area contributed by atoms with Crippen molar-refractivity contribution in [2.75, 3.05) is 5.43 Å². The molecule has 0 aromatic heterocycles. The van der Waals surface area contributed by atoms with Gasteiger partial charge in [0.05, 0.1) is 10.7 Å². The van der Waals surface area contributed by atoms with Crippen molar-refractivity contribution in [2.45, 2.75) is 0 Å². The average molecular weight is 279 g/mol. The number of benzene rings is 2. The van der Waals surface area contributed by atoms with Gasteiger partial charge in [0.25, 0.3) is 5.17 Å². The molecule has 0 fully saturated rings. The van der Waals surface area contributed by atoms with Gasteiger partial charge in [0.1, 0.15) is 5.75 Å². The molecule has 2 rings (SSSR count). The summed E-state index contributed by atoms with van der Waals surface area (Å²) in [4.78, 5) is 0. The quantitative estimate of drug-likeness (QED) is 0.664. The molecule has 0 aliphatic heterocycles. The van der Waals surface area contributed by atoms with Crippen molar-refractivity contribution in [2.24, 2.45) is 0 Å². The molecule has 0 bridgehead atoms. The van der Waals surface area contributed by atoms with Crippen molar-refractivity contribution in [1.82, 2.24) is 5.43 Å². The zero-order valence-electron chi connectivity index (χ0n) is 9.39. The highest BCUT2D eigenvalue weighted by Crippen LogP contribution is 2.19. The molecule has 92 valence electrons. The summed E-state index contributed by atoms with van der Waals surface area (Å²) in [5.74, 6) is 0.677. The molecular formula is C13H11ClN2OS. The van der Waals surface area contributed by atoms with Gasteiger partial charge < -0.3 is 4.74 Å². The van der Waals surface area contributed by atoms with E-state index in [0.717, 1.165) is 5.69 Å².